The zero-order chi connectivity index (χ0) is 21.6. The number of carbonyl (C=O) groups is 1. The number of ether oxygens (including phenoxy) is 1. The molecule has 3 aromatic rings. The van der Waals surface area contributed by atoms with Gasteiger partial charge in [-0.15, -0.1) is 0 Å². The summed E-state index contributed by atoms with van der Waals surface area (Å²) in [6.07, 6.45) is -0.347. The van der Waals surface area contributed by atoms with Crippen LogP contribution in [0.3, 0.4) is 0 Å². The van der Waals surface area contributed by atoms with Crippen LogP contribution < -0.4 is 31.8 Å². The third kappa shape index (κ3) is 5.62. The van der Waals surface area contributed by atoms with Gasteiger partial charge in [-0.1, -0.05) is 36.4 Å². The van der Waals surface area contributed by atoms with E-state index in [1.54, 1.807) is 0 Å². The fraction of sp³-hybridized carbons (Fsp3) is 0.174. The molecule has 2 unspecified atom stereocenters. The SMILES string of the molecule is Cc1ccc(NC(=O)C2NNNC2Nc2ccc(OCc3ccccc3)cc2)c(Br)c1. The zero-order valence-corrected chi connectivity index (χ0v) is 18.6. The molecule has 2 atom stereocenters. The lowest BCUT2D eigenvalue weighted by atomic mass is 10.2. The maximum Gasteiger partial charge on any atom is 0.246 e. The molecule has 0 saturated carbocycles. The van der Waals surface area contributed by atoms with Crippen molar-refractivity contribution in [1.29, 1.82) is 0 Å². The van der Waals surface area contributed by atoms with Gasteiger partial charge in [-0.05, 0) is 70.4 Å². The largest absolute Gasteiger partial charge is 0.489 e. The Morgan fingerprint density at radius 2 is 1.81 bits per heavy atom. The minimum atomic E-state index is -0.526. The smallest absolute Gasteiger partial charge is 0.246 e. The Kier molecular flexibility index (Phi) is 6.83. The topological polar surface area (TPSA) is 86.5 Å². The number of rotatable bonds is 7. The second kappa shape index (κ2) is 9.93. The number of halogens is 1. The van der Waals surface area contributed by atoms with Gasteiger partial charge in [0.2, 0.25) is 5.91 Å². The number of benzene rings is 3. The number of amides is 1. The van der Waals surface area contributed by atoms with Crippen LogP contribution in [-0.4, -0.2) is 18.1 Å². The molecule has 0 aliphatic carbocycles. The van der Waals surface area contributed by atoms with Crippen molar-refractivity contribution in [3.63, 3.8) is 0 Å². The molecule has 5 N–H and O–H groups in total. The summed E-state index contributed by atoms with van der Waals surface area (Å²) in [6, 6.07) is 22.9. The van der Waals surface area contributed by atoms with E-state index in [1.165, 1.54) is 0 Å². The van der Waals surface area contributed by atoms with E-state index in [1.807, 2.05) is 79.7 Å². The maximum atomic E-state index is 12.8. The molecule has 1 amide bonds. The number of hydrogen-bond acceptors (Lipinski definition) is 6. The molecule has 1 saturated heterocycles. The van der Waals surface area contributed by atoms with Gasteiger partial charge in [0, 0.05) is 10.2 Å². The summed E-state index contributed by atoms with van der Waals surface area (Å²) < 4.78 is 6.67. The molecule has 4 rings (SSSR count). The highest BCUT2D eigenvalue weighted by atomic mass is 79.9. The molecule has 3 aromatic carbocycles. The van der Waals surface area contributed by atoms with E-state index < -0.39 is 6.04 Å². The summed E-state index contributed by atoms with van der Waals surface area (Å²) >= 11 is 3.49. The standard InChI is InChI=1S/C23H24BrN5O2/c1-15-7-12-20(19(24)13-15)26-23(30)21-22(28-29-27-21)25-17-8-10-18(11-9-17)31-14-16-5-3-2-4-6-16/h2-13,21-22,25,27-29H,14H2,1H3,(H,26,30). The summed E-state index contributed by atoms with van der Waals surface area (Å²) in [7, 11) is 0. The van der Waals surface area contributed by atoms with Gasteiger partial charge in [0.15, 0.2) is 0 Å². The number of aryl methyl sites for hydroxylation is 1. The first kappa shape index (κ1) is 21.3. The summed E-state index contributed by atoms with van der Waals surface area (Å²) in [6.45, 7) is 2.52. The zero-order valence-electron chi connectivity index (χ0n) is 17.0. The Morgan fingerprint density at radius 1 is 1.03 bits per heavy atom. The monoisotopic (exact) mass is 481 g/mol. The molecule has 31 heavy (non-hydrogen) atoms. The van der Waals surface area contributed by atoms with Crippen molar-refractivity contribution >= 4 is 33.2 Å². The molecule has 0 aromatic heterocycles. The van der Waals surface area contributed by atoms with Gasteiger partial charge in [0.1, 0.15) is 24.6 Å². The quantitative estimate of drug-likeness (QED) is 0.353. The highest BCUT2D eigenvalue weighted by Gasteiger charge is 2.33. The van der Waals surface area contributed by atoms with Crippen LogP contribution >= 0.6 is 15.9 Å². The molecule has 160 valence electrons. The molecule has 0 spiro atoms. The van der Waals surface area contributed by atoms with Crippen LogP contribution in [0.2, 0.25) is 0 Å². The van der Waals surface area contributed by atoms with Crippen LogP contribution in [0.4, 0.5) is 11.4 Å². The highest BCUT2D eigenvalue weighted by molar-refractivity contribution is 9.10. The third-order valence-corrected chi connectivity index (χ3v) is 5.53. The Hall–Kier alpha value is -2.91. The van der Waals surface area contributed by atoms with E-state index in [-0.39, 0.29) is 12.1 Å². The molecule has 1 aliphatic heterocycles. The first-order valence-electron chi connectivity index (χ1n) is 9.95. The molecule has 0 radical (unpaired) electrons. The Bertz CT molecular complexity index is 1030. The molecule has 1 heterocycles. The van der Waals surface area contributed by atoms with Crippen LogP contribution in [0.1, 0.15) is 11.1 Å². The van der Waals surface area contributed by atoms with Crippen molar-refractivity contribution in [2.45, 2.75) is 25.7 Å². The molecule has 1 aliphatic rings. The number of nitrogens with one attached hydrogen (secondary N) is 5. The summed E-state index contributed by atoms with van der Waals surface area (Å²) in [5, 5.41) is 6.27. The van der Waals surface area contributed by atoms with Gasteiger partial charge in [0.05, 0.1) is 5.69 Å². The normalized spacial score (nSPS) is 17.9. The first-order valence-corrected chi connectivity index (χ1v) is 10.7. The molecular weight excluding hydrogens is 458 g/mol. The van der Waals surface area contributed by atoms with E-state index >= 15 is 0 Å². The van der Waals surface area contributed by atoms with E-state index in [0.29, 0.717) is 6.61 Å². The lowest BCUT2D eigenvalue weighted by molar-refractivity contribution is -0.118. The summed E-state index contributed by atoms with van der Waals surface area (Å²) in [5.74, 6) is 0.617. The molecule has 7 nitrogen and oxygen atoms in total. The fourth-order valence-corrected chi connectivity index (χ4v) is 3.79. The second-order valence-corrected chi connectivity index (χ2v) is 8.14. The van der Waals surface area contributed by atoms with Crippen LogP contribution in [0.5, 0.6) is 5.75 Å². The first-order chi connectivity index (χ1) is 15.1. The van der Waals surface area contributed by atoms with Crippen molar-refractivity contribution in [1.82, 2.24) is 16.4 Å². The Balaban J connectivity index is 1.34. The number of hydrazine groups is 2. The van der Waals surface area contributed by atoms with Gasteiger partial charge in [-0.3, -0.25) is 4.79 Å². The fourth-order valence-electron chi connectivity index (χ4n) is 3.20. The summed E-state index contributed by atoms with van der Waals surface area (Å²) in [5.41, 5.74) is 12.6. The van der Waals surface area contributed by atoms with Gasteiger partial charge in [0.25, 0.3) is 0 Å². The molecule has 1 fully saturated rings. The predicted molar refractivity (Wildman–Crippen MR) is 125 cm³/mol. The van der Waals surface area contributed by atoms with Gasteiger partial charge >= 0.3 is 0 Å². The van der Waals surface area contributed by atoms with Crippen LogP contribution in [-0.2, 0) is 11.4 Å². The lowest BCUT2D eigenvalue weighted by Gasteiger charge is -2.20. The van der Waals surface area contributed by atoms with Gasteiger partial charge < -0.3 is 15.4 Å². The Labute approximate surface area is 189 Å². The van der Waals surface area contributed by atoms with E-state index in [2.05, 4.69) is 42.9 Å². The van der Waals surface area contributed by atoms with Crippen molar-refractivity contribution < 1.29 is 9.53 Å². The van der Waals surface area contributed by atoms with Crippen LogP contribution in [0.15, 0.2) is 77.3 Å². The van der Waals surface area contributed by atoms with Gasteiger partial charge in [-0.25, -0.2) is 10.9 Å². The second-order valence-electron chi connectivity index (χ2n) is 7.28. The van der Waals surface area contributed by atoms with Crippen LogP contribution in [0.25, 0.3) is 0 Å². The molecule has 0 bridgehead atoms. The van der Waals surface area contributed by atoms with Crippen molar-refractivity contribution in [3.05, 3.63) is 88.4 Å². The van der Waals surface area contributed by atoms with Crippen LogP contribution in [0, 0.1) is 6.92 Å². The van der Waals surface area contributed by atoms with Crippen molar-refractivity contribution in [2.24, 2.45) is 0 Å². The highest BCUT2D eigenvalue weighted by Crippen LogP contribution is 2.24. The van der Waals surface area contributed by atoms with E-state index in [9.17, 15) is 4.79 Å². The van der Waals surface area contributed by atoms with E-state index in [0.717, 1.165) is 32.7 Å². The van der Waals surface area contributed by atoms with Crippen molar-refractivity contribution in [2.75, 3.05) is 10.6 Å². The average molecular weight is 482 g/mol. The predicted octanol–water partition coefficient (Wildman–Crippen LogP) is 3.69. The minimum Gasteiger partial charge on any atom is -0.489 e. The lowest BCUT2D eigenvalue weighted by Crippen LogP contribution is -2.48. The average Bonchev–Trinajstić information content (AvgIpc) is 3.24. The molecular formula is C23H24BrN5O2. The number of anilines is 2. The minimum absolute atomic E-state index is 0.164. The van der Waals surface area contributed by atoms with Gasteiger partial charge in [-0.2, -0.15) is 5.53 Å². The summed E-state index contributed by atoms with van der Waals surface area (Å²) in [4.78, 5) is 12.8. The number of hydrogen-bond donors (Lipinski definition) is 5. The Morgan fingerprint density at radius 3 is 2.55 bits per heavy atom. The molecule has 8 heteroatoms. The van der Waals surface area contributed by atoms with E-state index in [4.69, 9.17) is 4.74 Å². The van der Waals surface area contributed by atoms with Crippen molar-refractivity contribution in [3.8, 4) is 5.75 Å². The maximum absolute atomic E-state index is 12.8. The third-order valence-electron chi connectivity index (χ3n) is 4.88. The number of carbonyl (C=O) groups excluding carboxylic acids is 1.